The second-order valence-corrected chi connectivity index (χ2v) is 5.36. The first kappa shape index (κ1) is 13.4. The second kappa shape index (κ2) is 5.09. The van der Waals surface area contributed by atoms with E-state index in [0.717, 1.165) is 5.56 Å². The molecule has 0 saturated heterocycles. The van der Waals surface area contributed by atoms with Crippen LogP contribution in [-0.2, 0) is 6.42 Å². The molecular formula is C18H16O3. The van der Waals surface area contributed by atoms with E-state index in [4.69, 9.17) is 4.42 Å². The maximum Gasteiger partial charge on any atom is 0.204 e. The fraction of sp³-hybridized carbons (Fsp3) is 0.167. The van der Waals surface area contributed by atoms with Gasteiger partial charge in [0.25, 0.3) is 0 Å². The summed E-state index contributed by atoms with van der Waals surface area (Å²) in [6.45, 7) is 4.00. The predicted molar refractivity (Wildman–Crippen MR) is 84.8 cm³/mol. The molecule has 0 atom stereocenters. The van der Waals surface area contributed by atoms with Crippen LogP contribution in [0.4, 0.5) is 0 Å². The zero-order valence-electron chi connectivity index (χ0n) is 12.0. The van der Waals surface area contributed by atoms with Crippen molar-refractivity contribution in [1.82, 2.24) is 0 Å². The van der Waals surface area contributed by atoms with E-state index in [9.17, 15) is 9.90 Å². The molecule has 106 valence electrons. The average molecular weight is 280 g/mol. The molecule has 3 aromatic rings. The standard InChI is InChI=1S/C18H16O3/c1-11(2)7-8-12-9-10-15-16(17(12)19)18(20)13-5-3-4-6-14(13)21-15/h3-7,9-10,19H,8H2,1-2H3. The number of rotatable bonds is 2. The summed E-state index contributed by atoms with van der Waals surface area (Å²) in [5.74, 6) is 0.0181. The number of hydrogen-bond donors (Lipinski definition) is 1. The molecule has 3 nitrogen and oxygen atoms in total. The second-order valence-electron chi connectivity index (χ2n) is 5.36. The molecule has 0 aliphatic heterocycles. The summed E-state index contributed by atoms with van der Waals surface area (Å²) in [4.78, 5) is 12.6. The number of benzene rings is 2. The fourth-order valence-electron chi connectivity index (χ4n) is 2.40. The van der Waals surface area contributed by atoms with Crippen LogP contribution < -0.4 is 5.43 Å². The summed E-state index contributed by atoms with van der Waals surface area (Å²) in [5, 5.41) is 11.2. The lowest BCUT2D eigenvalue weighted by Gasteiger charge is -2.07. The van der Waals surface area contributed by atoms with Crippen molar-refractivity contribution >= 4 is 21.9 Å². The Bertz CT molecular complexity index is 913. The zero-order valence-corrected chi connectivity index (χ0v) is 12.0. The summed E-state index contributed by atoms with van der Waals surface area (Å²) in [5.41, 5.74) is 2.65. The van der Waals surface area contributed by atoms with Crippen molar-refractivity contribution in [2.75, 3.05) is 0 Å². The smallest absolute Gasteiger partial charge is 0.204 e. The minimum Gasteiger partial charge on any atom is -0.507 e. The SMILES string of the molecule is CC(C)=CCc1ccc2oc3ccccc3c(=O)c2c1O. The van der Waals surface area contributed by atoms with E-state index in [1.54, 1.807) is 30.3 Å². The Hall–Kier alpha value is -2.55. The first-order valence-corrected chi connectivity index (χ1v) is 6.87. The molecule has 1 heterocycles. The number of para-hydroxylation sites is 1. The first-order chi connectivity index (χ1) is 10.1. The molecule has 1 aromatic heterocycles. The third kappa shape index (κ3) is 2.31. The van der Waals surface area contributed by atoms with Crippen LogP contribution in [0.25, 0.3) is 21.9 Å². The first-order valence-electron chi connectivity index (χ1n) is 6.87. The van der Waals surface area contributed by atoms with Crippen molar-refractivity contribution in [3.63, 3.8) is 0 Å². The van der Waals surface area contributed by atoms with Crippen LogP contribution in [0.2, 0.25) is 0 Å². The normalized spacial score (nSPS) is 11.0. The van der Waals surface area contributed by atoms with Gasteiger partial charge in [0.1, 0.15) is 22.3 Å². The van der Waals surface area contributed by atoms with Crippen molar-refractivity contribution in [1.29, 1.82) is 0 Å². The Morgan fingerprint density at radius 2 is 1.90 bits per heavy atom. The number of allylic oxidation sites excluding steroid dienone is 2. The maximum atomic E-state index is 12.6. The highest BCUT2D eigenvalue weighted by atomic mass is 16.3. The number of fused-ring (bicyclic) bond motifs is 2. The van der Waals surface area contributed by atoms with Gasteiger partial charge in [-0.3, -0.25) is 4.79 Å². The number of phenols is 1. The lowest BCUT2D eigenvalue weighted by Crippen LogP contribution is -2.03. The van der Waals surface area contributed by atoms with E-state index in [0.29, 0.717) is 23.0 Å². The van der Waals surface area contributed by atoms with Gasteiger partial charge in [0.2, 0.25) is 5.43 Å². The van der Waals surface area contributed by atoms with Crippen LogP contribution in [0.5, 0.6) is 5.75 Å². The Labute approximate surface area is 122 Å². The van der Waals surface area contributed by atoms with Crippen LogP contribution in [0.1, 0.15) is 19.4 Å². The molecule has 1 N–H and O–H groups in total. The lowest BCUT2D eigenvalue weighted by atomic mass is 10.0. The van der Waals surface area contributed by atoms with Crippen LogP contribution in [-0.4, -0.2) is 5.11 Å². The predicted octanol–water partition coefficient (Wildman–Crippen LogP) is 4.16. The van der Waals surface area contributed by atoms with Gasteiger partial charge in [0.15, 0.2) is 0 Å². The van der Waals surface area contributed by atoms with Gasteiger partial charge in [-0.1, -0.05) is 29.8 Å². The van der Waals surface area contributed by atoms with Gasteiger partial charge < -0.3 is 9.52 Å². The van der Waals surface area contributed by atoms with E-state index < -0.39 is 0 Å². The van der Waals surface area contributed by atoms with Gasteiger partial charge in [0.05, 0.1) is 5.39 Å². The monoisotopic (exact) mass is 280 g/mol. The summed E-state index contributed by atoms with van der Waals surface area (Å²) >= 11 is 0. The lowest BCUT2D eigenvalue weighted by molar-refractivity contribution is 0.474. The molecule has 0 radical (unpaired) electrons. The van der Waals surface area contributed by atoms with Crippen molar-refractivity contribution in [2.45, 2.75) is 20.3 Å². The van der Waals surface area contributed by atoms with Gasteiger partial charge in [-0.05, 0) is 44.0 Å². The Morgan fingerprint density at radius 1 is 1.14 bits per heavy atom. The average Bonchev–Trinajstić information content (AvgIpc) is 2.46. The molecule has 3 rings (SSSR count). The summed E-state index contributed by atoms with van der Waals surface area (Å²) < 4.78 is 5.71. The molecule has 0 fully saturated rings. The fourth-order valence-corrected chi connectivity index (χ4v) is 2.40. The van der Waals surface area contributed by atoms with Crippen LogP contribution >= 0.6 is 0 Å². The topological polar surface area (TPSA) is 50.4 Å². The maximum absolute atomic E-state index is 12.6. The molecule has 0 aliphatic rings. The highest BCUT2D eigenvalue weighted by Gasteiger charge is 2.13. The van der Waals surface area contributed by atoms with E-state index in [1.807, 2.05) is 26.0 Å². The van der Waals surface area contributed by atoms with E-state index in [2.05, 4.69) is 0 Å². The molecule has 0 aliphatic carbocycles. The highest BCUT2D eigenvalue weighted by Crippen LogP contribution is 2.29. The largest absolute Gasteiger partial charge is 0.507 e. The van der Waals surface area contributed by atoms with Crippen LogP contribution in [0.15, 0.2) is 57.3 Å². The Kier molecular flexibility index (Phi) is 3.26. The van der Waals surface area contributed by atoms with Crippen molar-refractivity contribution < 1.29 is 9.52 Å². The van der Waals surface area contributed by atoms with Crippen molar-refractivity contribution in [2.24, 2.45) is 0 Å². The number of aromatic hydroxyl groups is 1. The van der Waals surface area contributed by atoms with Crippen LogP contribution in [0.3, 0.4) is 0 Å². The molecule has 0 spiro atoms. The van der Waals surface area contributed by atoms with Crippen molar-refractivity contribution in [3.8, 4) is 5.75 Å². The Balaban J connectivity index is 2.32. The number of phenolic OH excluding ortho intramolecular Hbond substituents is 1. The minimum atomic E-state index is -0.191. The highest BCUT2D eigenvalue weighted by molar-refractivity contribution is 5.93. The molecule has 2 aromatic carbocycles. The van der Waals surface area contributed by atoms with Gasteiger partial charge >= 0.3 is 0 Å². The summed E-state index contributed by atoms with van der Waals surface area (Å²) in [6.07, 6.45) is 2.61. The number of hydrogen-bond acceptors (Lipinski definition) is 3. The molecule has 3 heteroatoms. The molecule has 0 bridgehead atoms. The Morgan fingerprint density at radius 3 is 2.67 bits per heavy atom. The zero-order chi connectivity index (χ0) is 15.0. The molecule has 0 unspecified atom stereocenters. The van der Waals surface area contributed by atoms with Crippen LogP contribution in [0, 0.1) is 0 Å². The molecule has 0 amide bonds. The van der Waals surface area contributed by atoms with Crippen molar-refractivity contribution in [3.05, 3.63) is 63.8 Å². The third-order valence-electron chi connectivity index (χ3n) is 3.53. The minimum absolute atomic E-state index is 0.0181. The molecule has 21 heavy (non-hydrogen) atoms. The molecule has 0 saturated carbocycles. The van der Waals surface area contributed by atoms with Gasteiger partial charge in [-0.15, -0.1) is 0 Å². The van der Waals surface area contributed by atoms with Gasteiger partial charge in [0, 0.05) is 0 Å². The third-order valence-corrected chi connectivity index (χ3v) is 3.53. The molecular weight excluding hydrogens is 264 g/mol. The quantitative estimate of drug-likeness (QED) is 0.566. The van der Waals surface area contributed by atoms with Gasteiger partial charge in [-0.2, -0.15) is 0 Å². The summed E-state index contributed by atoms with van der Waals surface area (Å²) in [7, 11) is 0. The van der Waals surface area contributed by atoms with Gasteiger partial charge in [-0.25, -0.2) is 0 Å². The van der Waals surface area contributed by atoms with E-state index in [-0.39, 0.29) is 16.6 Å². The summed E-state index contributed by atoms with van der Waals surface area (Å²) in [6, 6.07) is 10.6. The van der Waals surface area contributed by atoms with E-state index in [1.165, 1.54) is 5.57 Å². The van der Waals surface area contributed by atoms with E-state index >= 15 is 0 Å².